The lowest BCUT2D eigenvalue weighted by molar-refractivity contribution is 0.0952. The average molecular weight is 429 g/mol. The lowest BCUT2D eigenvalue weighted by atomic mass is 10.1. The molecule has 8 nitrogen and oxygen atoms in total. The Kier molecular flexibility index (Phi) is 6.73. The second kappa shape index (κ2) is 9.45. The van der Waals surface area contributed by atoms with E-state index in [1.54, 1.807) is 49.8 Å². The van der Waals surface area contributed by atoms with Crippen molar-refractivity contribution in [3.05, 3.63) is 72.3 Å². The number of aromatic nitrogens is 2. The monoisotopic (exact) mass is 428 g/mol. The van der Waals surface area contributed by atoms with Crippen LogP contribution in [0.1, 0.15) is 22.3 Å². The number of imidazole rings is 1. The number of methoxy groups -OCH3 is 1. The van der Waals surface area contributed by atoms with Crippen molar-refractivity contribution in [1.82, 2.24) is 14.9 Å². The Bertz CT molecular complexity index is 1110. The summed E-state index contributed by atoms with van der Waals surface area (Å²) in [6.07, 6.45) is 6.01. The second-order valence-corrected chi connectivity index (χ2v) is 8.37. The van der Waals surface area contributed by atoms with Crippen LogP contribution >= 0.6 is 0 Å². The molecule has 0 radical (unpaired) electrons. The van der Waals surface area contributed by atoms with Crippen molar-refractivity contribution >= 4 is 21.6 Å². The summed E-state index contributed by atoms with van der Waals surface area (Å²) < 4.78 is 35.3. The molecule has 0 bridgehead atoms. The van der Waals surface area contributed by atoms with E-state index < -0.39 is 10.0 Å². The van der Waals surface area contributed by atoms with Crippen LogP contribution < -0.4 is 14.8 Å². The highest BCUT2D eigenvalue weighted by atomic mass is 32.2. The number of rotatable bonds is 9. The number of nitrogens with zero attached hydrogens (tertiary/aromatic N) is 2. The van der Waals surface area contributed by atoms with Crippen LogP contribution in [0.3, 0.4) is 0 Å². The molecule has 0 fully saturated rings. The average Bonchev–Trinajstić information content (AvgIpc) is 3.25. The first-order valence-electron chi connectivity index (χ1n) is 9.41. The minimum absolute atomic E-state index is 0.00238. The van der Waals surface area contributed by atoms with Crippen LogP contribution in [0.15, 0.2) is 66.1 Å². The highest BCUT2D eigenvalue weighted by Gasteiger charge is 2.19. The van der Waals surface area contributed by atoms with Crippen LogP contribution in [0.4, 0.5) is 5.69 Å². The fourth-order valence-electron chi connectivity index (χ4n) is 2.92. The molecule has 0 atom stereocenters. The molecule has 0 saturated carbocycles. The van der Waals surface area contributed by atoms with E-state index in [2.05, 4.69) is 15.0 Å². The first-order valence-corrected chi connectivity index (χ1v) is 10.9. The third kappa shape index (κ3) is 5.18. The smallest absolute Gasteiger partial charge is 0.262 e. The summed E-state index contributed by atoms with van der Waals surface area (Å²) in [5, 5.41) is 2.84. The fourth-order valence-corrected chi connectivity index (χ4v) is 4.02. The third-order valence-electron chi connectivity index (χ3n) is 4.55. The van der Waals surface area contributed by atoms with Gasteiger partial charge in [0.05, 0.1) is 24.0 Å². The van der Waals surface area contributed by atoms with E-state index in [0.717, 1.165) is 13.0 Å². The molecule has 0 unspecified atom stereocenters. The van der Waals surface area contributed by atoms with Crippen LogP contribution in [0.2, 0.25) is 0 Å². The summed E-state index contributed by atoms with van der Waals surface area (Å²) in [6.45, 7) is 2.97. The standard InChI is InChI=1S/C21H24N4O4S/c1-16-8-9-17(30(27,28)24-19-6-3-4-7-20(19)29-2)14-18(16)21(26)23-10-5-12-25-13-11-22-15-25/h3-4,6-9,11,13-15,24H,5,10,12H2,1-2H3,(H,23,26). The Balaban J connectivity index is 1.71. The van der Waals surface area contributed by atoms with E-state index in [-0.39, 0.29) is 10.8 Å². The topological polar surface area (TPSA) is 102 Å². The van der Waals surface area contributed by atoms with E-state index in [9.17, 15) is 13.2 Å². The molecule has 2 aromatic carbocycles. The van der Waals surface area contributed by atoms with E-state index in [1.165, 1.54) is 19.2 Å². The van der Waals surface area contributed by atoms with Crippen LogP contribution in [-0.4, -0.2) is 37.5 Å². The van der Waals surface area contributed by atoms with Crippen LogP contribution in [0, 0.1) is 6.92 Å². The fraction of sp³-hybridized carbons (Fsp3) is 0.238. The van der Waals surface area contributed by atoms with Gasteiger partial charge in [-0.3, -0.25) is 9.52 Å². The number of nitrogens with one attached hydrogen (secondary N) is 2. The number of anilines is 1. The van der Waals surface area contributed by atoms with Gasteiger partial charge in [-0.2, -0.15) is 0 Å². The first-order chi connectivity index (χ1) is 14.4. The summed E-state index contributed by atoms with van der Waals surface area (Å²) in [6, 6.07) is 11.2. The second-order valence-electron chi connectivity index (χ2n) is 6.69. The maximum absolute atomic E-state index is 12.8. The van der Waals surface area contributed by atoms with E-state index >= 15 is 0 Å². The lowest BCUT2D eigenvalue weighted by Crippen LogP contribution is -2.26. The Hall–Kier alpha value is -3.33. The Labute approximate surface area is 176 Å². The molecule has 0 aliphatic heterocycles. The molecule has 0 saturated heterocycles. The minimum Gasteiger partial charge on any atom is -0.495 e. The SMILES string of the molecule is COc1ccccc1NS(=O)(=O)c1ccc(C)c(C(=O)NCCCn2ccnc2)c1. The zero-order valence-corrected chi connectivity index (χ0v) is 17.6. The Morgan fingerprint density at radius 2 is 2.00 bits per heavy atom. The highest BCUT2D eigenvalue weighted by molar-refractivity contribution is 7.92. The number of carbonyl (C=O) groups is 1. The zero-order valence-electron chi connectivity index (χ0n) is 16.8. The molecule has 0 aliphatic carbocycles. The summed E-state index contributed by atoms with van der Waals surface area (Å²) in [5.74, 6) is 0.0940. The molecule has 3 aromatic rings. The molecule has 2 N–H and O–H groups in total. The maximum atomic E-state index is 12.8. The van der Waals surface area contributed by atoms with Gasteiger partial charge < -0.3 is 14.6 Å². The molecular weight excluding hydrogens is 404 g/mol. The van der Waals surface area contributed by atoms with Gasteiger partial charge in [0.15, 0.2) is 0 Å². The number of hydrogen-bond acceptors (Lipinski definition) is 5. The van der Waals surface area contributed by atoms with Gasteiger partial charge in [0.25, 0.3) is 15.9 Å². The van der Waals surface area contributed by atoms with Gasteiger partial charge >= 0.3 is 0 Å². The molecule has 1 heterocycles. The van der Waals surface area contributed by atoms with Gasteiger partial charge in [0, 0.05) is 31.0 Å². The van der Waals surface area contributed by atoms with Crippen molar-refractivity contribution < 1.29 is 17.9 Å². The molecule has 3 rings (SSSR count). The highest BCUT2D eigenvalue weighted by Crippen LogP contribution is 2.26. The summed E-state index contributed by atoms with van der Waals surface area (Å²) in [4.78, 5) is 16.6. The van der Waals surface area contributed by atoms with Gasteiger partial charge in [-0.25, -0.2) is 13.4 Å². The van der Waals surface area contributed by atoms with Gasteiger partial charge in [0.1, 0.15) is 5.75 Å². The number of hydrogen-bond donors (Lipinski definition) is 2. The molecule has 1 aromatic heterocycles. The predicted molar refractivity (Wildman–Crippen MR) is 114 cm³/mol. The maximum Gasteiger partial charge on any atom is 0.262 e. The third-order valence-corrected chi connectivity index (χ3v) is 5.92. The van der Waals surface area contributed by atoms with Gasteiger partial charge in [0.2, 0.25) is 0 Å². The van der Waals surface area contributed by atoms with E-state index in [0.29, 0.717) is 29.1 Å². The number of para-hydroxylation sites is 2. The summed E-state index contributed by atoms with van der Waals surface area (Å²) in [5.41, 5.74) is 1.34. The van der Waals surface area contributed by atoms with E-state index in [1.807, 2.05) is 10.8 Å². The van der Waals surface area contributed by atoms with Crippen LogP contribution in [0.25, 0.3) is 0 Å². The molecule has 158 valence electrons. The van der Waals surface area contributed by atoms with Crippen molar-refractivity contribution in [2.45, 2.75) is 24.8 Å². The summed E-state index contributed by atoms with van der Waals surface area (Å²) >= 11 is 0. The van der Waals surface area contributed by atoms with Crippen molar-refractivity contribution in [3.8, 4) is 5.75 Å². The minimum atomic E-state index is -3.89. The molecule has 30 heavy (non-hydrogen) atoms. The van der Waals surface area contributed by atoms with Crippen molar-refractivity contribution in [3.63, 3.8) is 0 Å². The van der Waals surface area contributed by atoms with Crippen LogP contribution in [-0.2, 0) is 16.6 Å². The zero-order chi connectivity index (χ0) is 21.6. The van der Waals surface area contributed by atoms with Crippen molar-refractivity contribution in [1.29, 1.82) is 0 Å². The Morgan fingerprint density at radius 1 is 1.20 bits per heavy atom. The van der Waals surface area contributed by atoms with Crippen molar-refractivity contribution in [2.24, 2.45) is 0 Å². The molecule has 0 aliphatic rings. The quantitative estimate of drug-likeness (QED) is 0.510. The Morgan fingerprint density at radius 3 is 2.73 bits per heavy atom. The molecular formula is C21H24N4O4S. The number of carbonyl (C=O) groups excluding carboxylic acids is 1. The number of ether oxygens (including phenoxy) is 1. The lowest BCUT2D eigenvalue weighted by Gasteiger charge is -2.13. The number of amides is 1. The normalized spacial score (nSPS) is 11.1. The van der Waals surface area contributed by atoms with Crippen molar-refractivity contribution in [2.75, 3.05) is 18.4 Å². The number of aryl methyl sites for hydroxylation is 2. The van der Waals surface area contributed by atoms with Gasteiger partial charge in [-0.05, 0) is 43.2 Å². The molecule has 1 amide bonds. The van der Waals surface area contributed by atoms with Crippen LogP contribution in [0.5, 0.6) is 5.75 Å². The number of sulfonamides is 1. The largest absolute Gasteiger partial charge is 0.495 e. The predicted octanol–water partition coefficient (Wildman–Crippen LogP) is 2.82. The molecule has 0 spiro atoms. The summed E-state index contributed by atoms with van der Waals surface area (Å²) in [7, 11) is -2.43. The van der Waals surface area contributed by atoms with Gasteiger partial charge in [-0.15, -0.1) is 0 Å². The van der Waals surface area contributed by atoms with E-state index in [4.69, 9.17) is 4.74 Å². The first kappa shape index (κ1) is 21.4. The molecule has 9 heteroatoms. The number of benzene rings is 2. The van der Waals surface area contributed by atoms with Gasteiger partial charge in [-0.1, -0.05) is 18.2 Å².